The minimum absolute atomic E-state index is 0.143. The predicted molar refractivity (Wildman–Crippen MR) is 109 cm³/mol. The van der Waals surface area contributed by atoms with E-state index in [-0.39, 0.29) is 5.91 Å². The zero-order chi connectivity index (χ0) is 19.1. The Balaban J connectivity index is 1.44. The van der Waals surface area contributed by atoms with Gasteiger partial charge in [0.15, 0.2) is 5.96 Å². The maximum absolute atomic E-state index is 11.7. The highest BCUT2D eigenvalue weighted by atomic mass is 35.5. The van der Waals surface area contributed by atoms with Crippen molar-refractivity contribution in [3.05, 3.63) is 23.4 Å². The van der Waals surface area contributed by atoms with Gasteiger partial charge in [0.25, 0.3) is 0 Å². The number of rotatable bonds is 8. The lowest BCUT2D eigenvalue weighted by molar-refractivity contribution is -0.121. The van der Waals surface area contributed by atoms with E-state index in [9.17, 15) is 4.79 Å². The first-order valence-corrected chi connectivity index (χ1v) is 10.2. The van der Waals surface area contributed by atoms with Gasteiger partial charge < -0.3 is 20.9 Å². The van der Waals surface area contributed by atoms with Crippen LogP contribution in [-0.2, 0) is 4.79 Å². The number of pyridine rings is 1. The molecule has 3 rings (SSSR count). The molecule has 2 aliphatic rings. The molecule has 1 amide bonds. The molecule has 1 atom stereocenters. The van der Waals surface area contributed by atoms with Crippen LogP contribution in [0.25, 0.3) is 0 Å². The molecule has 0 spiro atoms. The molecule has 1 aliphatic heterocycles. The molecule has 3 N–H and O–H groups in total. The summed E-state index contributed by atoms with van der Waals surface area (Å²) >= 11 is 6.26. The molecule has 7 nitrogen and oxygen atoms in total. The van der Waals surface area contributed by atoms with Gasteiger partial charge in [0.1, 0.15) is 5.82 Å². The molecule has 1 aromatic heterocycles. The quantitative estimate of drug-likeness (QED) is 0.358. The van der Waals surface area contributed by atoms with Gasteiger partial charge in [-0.25, -0.2) is 4.98 Å². The fourth-order valence-electron chi connectivity index (χ4n) is 3.15. The summed E-state index contributed by atoms with van der Waals surface area (Å²) in [6, 6.07) is 4.44. The van der Waals surface area contributed by atoms with Crippen molar-refractivity contribution in [3.63, 3.8) is 0 Å². The lowest BCUT2D eigenvalue weighted by atomic mass is 10.2. The summed E-state index contributed by atoms with van der Waals surface area (Å²) in [6.45, 7) is 5.24. The fourth-order valence-corrected chi connectivity index (χ4v) is 3.39. The number of halogens is 1. The van der Waals surface area contributed by atoms with Crippen molar-refractivity contribution < 1.29 is 4.79 Å². The largest absolute Gasteiger partial charge is 0.357 e. The van der Waals surface area contributed by atoms with E-state index in [0.29, 0.717) is 30.1 Å². The molecule has 2 heterocycles. The normalized spacial score (nSPS) is 19.9. The van der Waals surface area contributed by atoms with Crippen molar-refractivity contribution in [1.29, 1.82) is 0 Å². The van der Waals surface area contributed by atoms with Crippen molar-refractivity contribution in [2.45, 2.75) is 51.1 Å². The summed E-state index contributed by atoms with van der Waals surface area (Å²) in [5.74, 6) is 1.79. The van der Waals surface area contributed by atoms with E-state index in [0.717, 1.165) is 57.1 Å². The Morgan fingerprint density at radius 3 is 2.93 bits per heavy atom. The summed E-state index contributed by atoms with van der Waals surface area (Å²) in [4.78, 5) is 22.9. The van der Waals surface area contributed by atoms with E-state index in [1.54, 1.807) is 6.20 Å². The highest BCUT2D eigenvalue weighted by Gasteiger charge is 2.25. The van der Waals surface area contributed by atoms with Crippen LogP contribution in [-0.4, -0.2) is 55.1 Å². The molecule has 2 fully saturated rings. The van der Waals surface area contributed by atoms with E-state index in [1.165, 1.54) is 0 Å². The monoisotopic (exact) mass is 392 g/mol. The third-order valence-corrected chi connectivity index (χ3v) is 4.98. The second-order valence-electron chi connectivity index (χ2n) is 7.09. The second kappa shape index (κ2) is 9.78. The van der Waals surface area contributed by atoms with Gasteiger partial charge in [0.2, 0.25) is 5.91 Å². The van der Waals surface area contributed by atoms with E-state index in [4.69, 9.17) is 11.6 Å². The Morgan fingerprint density at radius 1 is 1.33 bits per heavy atom. The van der Waals surface area contributed by atoms with Gasteiger partial charge in [-0.3, -0.25) is 9.79 Å². The van der Waals surface area contributed by atoms with Crippen LogP contribution in [0.4, 0.5) is 5.82 Å². The van der Waals surface area contributed by atoms with Gasteiger partial charge in [0.05, 0.1) is 5.02 Å². The Kier molecular flexibility index (Phi) is 7.15. The summed E-state index contributed by atoms with van der Waals surface area (Å²) in [6.07, 6.45) is 6.32. The molecule has 0 radical (unpaired) electrons. The number of nitrogens with zero attached hydrogens (tertiary/aromatic N) is 3. The number of aromatic nitrogens is 1. The first-order valence-electron chi connectivity index (χ1n) is 9.85. The van der Waals surface area contributed by atoms with Crippen LogP contribution in [0, 0.1) is 0 Å². The fraction of sp³-hybridized carbons (Fsp3) is 0.632. The topological polar surface area (TPSA) is 81.6 Å². The van der Waals surface area contributed by atoms with Gasteiger partial charge in [-0.2, -0.15) is 0 Å². The number of amides is 1. The van der Waals surface area contributed by atoms with Crippen molar-refractivity contribution >= 4 is 29.3 Å². The molecule has 8 heteroatoms. The molecule has 1 aromatic rings. The Hall–Kier alpha value is -2.02. The smallest absolute Gasteiger partial charge is 0.220 e. The predicted octanol–water partition coefficient (Wildman–Crippen LogP) is 1.93. The van der Waals surface area contributed by atoms with Crippen LogP contribution in [0.3, 0.4) is 0 Å². The van der Waals surface area contributed by atoms with Crippen molar-refractivity contribution in [3.8, 4) is 0 Å². The third-order valence-electron chi connectivity index (χ3n) is 4.69. The first kappa shape index (κ1) is 19.7. The van der Waals surface area contributed by atoms with E-state index < -0.39 is 0 Å². The SMILES string of the molecule is CCNC(=NCCCC(=O)NC1CC1)NC1CCN(c2ncccc2Cl)C1. The van der Waals surface area contributed by atoms with Crippen molar-refractivity contribution in [2.75, 3.05) is 31.1 Å². The van der Waals surface area contributed by atoms with Crippen LogP contribution < -0.4 is 20.9 Å². The van der Waals surface area contributed by atoms with E-state index in [1.807, 2.05) is 12.1 Å². The third kappa shape index (κ3) is 6.27. The number of nitrogens with one attached hydrogen (secondary N) is 3. The second-order valence-corrected chi connectivity index (χ2v) is 7.50. The van der Waals surface area contributed by atoms with Crippen molar-refractivity contribution in [2.24, 2.45) is 4.99 Å². The average Bonchev–Trinajstić information content (AvgIpc) is 3.34. The van der Waals surface area contributed by atoms with Crippen LogP contribution >= 0.6 is 11.6 Å². The summed E-state index contributed by atoms with van der Waals surface area (Å²) in [5.41, 5.74) is 0. The number of hydrogen-bond donors (Lipinski definition) is 3. The minimum atomic E-state index is 0.143. The maximum atomic E-state index is 11.7. The van der Waals surface area contributed by atoms with Crippen molar-refractivity contribution in [1.82, 2.24) is 20.9 Å². The number of anilines is 1. The number of carbonyl (C=O) groups is 1. The average molecular weight is 393 g/mol. The van der Waals surface area contributed by atoms with Gasteiger partial charge in [0, 0.05) is 50.9 Å². The zero-order valence-electron chi connectivity index (χ0n) is 15.9. The molecule has 1 unspecified atom stereocenters. The van der Waals surface area contributed by atoms with Crippen LogP contribution in [0.15, 0.2) is 23.3 Å². The Labute approximate surface area is 166 Å². The zero-order valence-corrected chi connectivity index (χ0v) is 16.6. The maximum Gasteiger partial charge on any atom is 0.220 e. The standard InChI is InChI=1S/C19H29ClN6O/c1-2-21-19(23-11-4-6-17(27)24-14-7-8-14)25-15-9-12-26(13-15)18-16(20)5-3-10-22-18/h3,5,10,14-15H,2,4,6-9,11-13H2,1H3,(H,24,27)(H2,21,23,25). The molecule has 0 bridgehead atoms. The molecule has 1 saturated heterocycles. The molecule has 148 valence electrons. The lowest BCUT2D eigenvalue weighted by Gasteiger charge is -2.20. The van der Waals surface area contributed by atoms with Crippen LogP contribution in [0.2, 0.25) is 5.02 Å². The number of guanidine groups is 1. The Morgan fingerprint density at radius 2 is 2.19 bits per heavy atom. The van der Waals surface area contributed by atoms with Gasteiger partial charge in [-0.05, 0) is 44.7 Å². The van der Waals surface area contributed by atoms with Gasteiger partial charge in [-0.1, -0.05) is 11.6 Å². The Bertz CT molecular complexity index is 663. The lowest BCUT2D eigenvalue weighted by Crippen LogP contribution is -2.44. The molecule has 0 aromatic carbocycles. The minimum Gasteiger partial charge on any atom is -0.357 e. The van der Waals surface area contributed by atoms with E-state index in [2.05, 4.69) is 37.8 Å². The number of aliphatic imine (C=N–C) groups is 1. The summed E-state index contributed by atoms with van der Waals surface area (Å²) < 4.78 is 0. The molecule has 27 heavy (non-hydrogen) atoms. The van der Waals surface area contributed by atoms with Crippen LogP contribution in [0.1, 0.15) is 39.0 Å². The number of carbonyl (C=O) groups excluding carboxylic acids is 1. The van der Waals surface area contributed by atoms with E-state index >= 15 is 0 Å². The summed E-state index contributed by atoms with van der Waals surface area (Å²) in [5, 5.41) is 10.5. The molecule has 1 aliphatic carbocycles. The van der Waals surface area contributed by atoms with Gasteiger partial charge >= 0.3 is 0 Å². The number of hydrogen-bond acceptors (Lipinski definition) is 4. The first-order chi connectivity index (χ1) is 13.2. The van der Waals surface area contributed by atoms with Gasteiger partial charge in [-0.15, -0.1) is 0 Å². The highest BCUT2D eigenvalue weighted by Crippen LogP contribution is 2.25. The molecule has 1 saturated carbocycles. The highest BCUT2D eigenvalue weighted by molar-refractivity contribution is 6.32. The molecular weight excluding hydrogens is 364 g/mol. The molecular formula is C19H29ClN6O. The summed E-state index contributed by atoms with van der Waals surface area (Å²) in [7, 11) is 0. The van der Waals surface area contributed by atoms with Crippen LogP contribution in [0.5, 0.6) is 0 Å².